The Morgan fingerprint density at radius 1 is 1.23 bits per heavy atom. The molecule has 0 rings (SSSR count). The van der Waals surface area contributed by atoms with Crippen LogP contribution in [0.2, 0.25) is 18.1 Å². The van der Waals surface area contributed by atoms with Crippen LogP contribution in [0.5, 0.6) is 0 Å². The van der Waals surface area contributed by atoms with Gasteiger partial charge in [-0.1, -0.05) is 45.4 Å². The minimum absolute atomic E-state index is 0.0681. The molecule has 0 unspecified atom stereocenters. The molecule has 4 heteroatoms. The van der Waals surface area contributed by atoms with Crippen LogP contribution in [-0.4, -0.2) is 32.4 Å². The van der Waals surface area contributed by atoms with Crippen molar-refractivity contribution in [3.8, 4) is 0 Å². The summed E-state index contributed by atoms with van der Waals surface area (Å²) in [5.74, 6) is -0.0681. The minimum atomic E-state index is -1.70. The predicted molar refractivity (Wildman–Crippen MR) is 96.5 cm³/mol. The largest absolute Gasteiger partial charge is 0.417 e. The van der Waals surface area contributed by atoms with Gasteiger partial charge in [-0.15, -0.1) is 0 Å². The Labute approximate surface area is 137 Å². The maximum atomic E-state index is 10.6. The van der Waals surface area contributed by atoms with Gasteiger partial charge in [-0.2, -0.15) is 0 Å². The summed E-state index contributed by atoms with van der Waals surface area (Å²) < 4.78 is 6.15. The van der Waals surface area contributed by atoms with E-state index in [1.54, 1.807) is 13.0 Å². The number of carbonyl (C=O) groups is 1. The molecule has 0 aromatic heterocycles. The maximum absolute atomic E-state index is 10.6. The van der Waals surface area contributed by atoms with Gasteiger partial charge < -0.3 is 9.53 Å². The van der Waals surface area contributed by atoms with E-state index < -0.39 is 14.4 Å². The zero-order chi connectivity index (χ0) is 17.6. The van der Waals surface area contributed by atoms with Crippen molar-refractivity contribution < 1.29 is 14.3 Å². The number of aldehydes is 1. The molecular formula is C18H34O3Si. The number of aliphatic hydroxyl groups is 1. The van der Waals surface area contributed by atoms with Crippen LogP contribution in [0.4, 0.5) is 0 Å². The lowest BCUT2D eigenvalue weighted by Crippen LogP contribution is -2.41. The molecule has 0 aliphatic carbocycles. The lowest BCUT2D eigenvalue weighted by molar-refractivity contribution is -0.104. The second-order valence-electron chi connectivity index (χ2n) is 7.75. The Bertz CT molecular complexity index is 417. The van der Waals surface area contributed by atoms with Crippen molar-refractivity contribution in [2.75, 3.05) is 6.61 Å². The summed E-state index contributed by atoms with van der Waals surface area (Å²) in [5, 5.41) is 10.4. The van der Waals surface area contributed by atoms with E-state index in [9.17, 15) is 9.90 Å². The van der Waals surface area contributed by atoms with Crippen molar-refractivity contribution in [2.24, 2.45) is 5.92 Å². The van der Waals surface area contributed by atoms with Gasteiger partial charge in [-0.25, -0.2) is 0 Å². The van der Waals surface area contributed by atoms with E-state index in [1.165, 1.54) is 0 Å². The van der Waals surface area contributed by atoms with Crippen molar-refractivity contribution >= 4 is 14.6 Å². The van der Waals surface area contributed by atoms with Crippen LogP contribution in [0, 0.1) is 5.92 Å². The molecule has 0 saturated carbocycles. The topological polar surface area (TPSA) is 46.5 Å². The van der Waals surface area contributed by atoms with Crippen molar-refractivity contribution in [2.45, 2.75) is 72.2 Å². The Balaban J connectivity index is 4.49. The fraction of sp³-hybridized carbons (Fsp3) is 0.722. The second-order valence-corrected chi connectivity index (χ2v) is 12.6. The Morgan fingerprint density at radius 2 is 1.77 bits per heavy atom. The Hall–Kier alpha value is -0.713. The van der Waals surface area contributed by atoms with Crippen LogP contribution in [0.15, 0.2) is 23.3 Å². The van der Waals surface area contributed by atoms with Gasteiger partial charge in [-0.3, -0.25) is 4.79 Å². The fourth-order valence-corrected chi connectivity index (χ4v) is 2.81. The van der Waals surface area contributed by atoms with E-state index in [1.807, 2.05) is 19.9 Å². The molecule has 128 valence electrons. The number of hydrogen-bond acceptors (Lipinski definition) is 3. The van der Waals surface area contributed by atoms with Crippen molar-refractivity contribution in [3.05, 3.63) is 23.3 Å². The molecule has 0 fully saturated rings. The second kappa shape index (κ2) is 8.80. The molecule has 22 heavy (non-hydrogen) atoms. The summed E-state index contributed by atoms with van der Waals surface area (Å²) in [7, 11) is -1.70. The molecule has 0 aliphatic heterocycles. The first-order chi connectivity index (χ1) is 9.90. The highest BCUT2D eigenvalue weighted by atomic mass is 28.4. The van der Waals surface area contributed by atoms with E-state index in [4.69, 9.17) is 4.43 Å². The van der Waals surface area contributed by atoms with E-state index >= 15 is 0 Å². The molecule has 0 bridgehead atoms. The van der Waals surface area contributed by atoms with E-state index in [0.29, 0.717) is 12.2 Å². The third-order valence-corrected chi connectivity index (χ3v) is 9.01. The minimum Gasteiger partial charge on any atom is -0.417 e. The molecule has 0 aliphatic rings. The number of hydrogen-bond donors (Lipinski definition) is 1. The first-order valence-corrected chi connectivity index (χ1v) is 10.9. The normalized spacial score (nSPS) is 17.3. The van der Waals surface area contributed by atoms with Gasteiger partial charge in [-0.05, 0) is 44.0 Å². The summed E-state index contributed by atoms with van der Waals surface area (Å²) in [6.07, 6.45) is 4.74. The van der Waals surface area contributed by atoms with Crippen LogP contribution in [0.1, 0.15) is 48.0 Å². The highest BCUT2D eigenvalue weighted by Gasteiger charge is 2.36. The third kappa shape index (κ3) is 7.52. The summed E-state index contributed by atoms with van der Waals surface area (Å²) in [6.45, 7) is 17.6. The molecule has 0 aromatic rings. The monoisotopic (exact) mass is 326 g/mol. The maximum Gasteiger partial charge on any atom is 0.191 e. The zero-order valence-electron chi connectivity index (χ0n) is 15.6. The smallest absolute Gasteiger partial charge is 0.191 e. The molecular weight excluding hydrogens is 292 g/mol. The third-order valence-electron chi connectivity index (χ3n) is 4.47. The van der Waals surface area contributed by atoms with Gasteiger partial charge in [0.05, 0.1) is 6.10 Å². The molecule has 0 heterocycles. The van der Waals surface area contributed by atoms with Crippen LogP contribution >= 0.6 is 0 Å². The van der Waals surface area contributed by atoms with Gasteiger partial charge in [0, 0.05) is 12.5 Å². The van der Waals surface area contributed by atoms with Crippen LogP contribution in [0.3, 0.4) is 0 Å². The lowest BCUT2D eigenvalue weighted by Gasteiger charge is -2.36. The number of aliphatic hydroxyl groups excluding tert-OH is 1. The van der Waals surface area contributed by atoms with Gasteiger partial charge in [0.2, 0.25) is 0 Å². The van der Waals surface area contributed by atoms with Gasteiger partial charge in [0.25, 0.3) is 0 Å². The van der Waals surface area contributed by atoms with Crippen LogP contribution in [-0.2, 0) is 9.22 Å². The molecule has 2 atom stereocenters. The van der Waals surface area contributed by atoms with Gasteiger partial charge in [0.15, 0.2) is 8.32 Å². The van der Waals surface area contributed by atoms with E-state index in [0.717, 1.165) is 18.3 Å². The quantitative estimate of drug-likeness (QED) is 0.309. The van der Waals surface area contributed by atoms with Gasteiger partial charge >= 0.3 is 0 Å². The summed E-state index contributed by atoms with van der Waals surface area (Å²) in [6, 6.07) is 0. The summed E-state index contributed by atoms with van der Waals surface area (Å²) in [4.78, 5) is 10.6. The first-order valence-electron chi connectivity index (χ1n) is 8.03. The molecule has 3 nitrogen and oxygen atoms in total. The molecule has 0 amide bonds. The summed E-state index contributed by atoms with van der Waals surface area (Å²) >= 11 is 0. The highest BCUT2D eigenvalue weighted by Crippen LogP contribution is 2.36. The predicted octanol–water partition coefficient (Wildman–Crippen LogP) is 4.49. The van der Waals surface area contributed by atoms with E-state index in [-0.39, 0.29) is 11.0 Å². The fourth-order valence-electron chi connectivity index (χ4n) is 1.76. The zero-order valence-corrected chi connectivity index (χ0v) is 16.6. The molecule has 1 N–H and O–H groups in total. The van der Waals surface area contributed by atoms with Crippen LogP contribution in [0.25, 0.3) is 0 Å². The van der Waals surface area contributed by atoms with Crippen LogP contribution < -0.4 is 0 Å². The van der Waals surface area contributed by atoms with Crippen molar-refractivity contribution in [1.82, 2.24) is 0 Å². The Kier molecular flexibility index (Phi) is 8.51. The molecule has 0 spiro atoms. The van der Waals surface area contributed by atoms with Crippen molar-refractivity contribution in [3.63, 3.8) is 0 Å². The SMILES string of the molecule is C/C(C=O)=C/[C@H](C)[C@H](O)/C=C(\C)CCO[Si](C)(C)C(C)(C)C. The van der Waals surface area contributed by atoms with E-state index in [2.05, 4.69) is 33.9 Å². The standard InChI is InChI=1S/C18H34O3Si/c1-14(9-10-21-22(7,8)18(4,5)6)12-17(20)16(3)11-15(2)13-19/h11-13,16-17,20H,9-10H2,1-8H3/b14-12+,15-11-/t16-,17+/m0/s1. The number of carbonyl (C=O) groups excluding carboxylic acids is 1. The highest BCUT2D eigenvalue weighted by molar-refractivity contribution is 6.74. The first kappa shape index (κ1) is 21.3. The molecule has 0 aromatic carbocycles. The molecule has 0 radical (unpaired) electrons. The van der Waals surface area contributed by atoms with Crippen molar-refractivity contribution in [1.29, 1.82) is 0 Å². The number of allylic oxidation sites excluding steroid dienone is 1. The molecule has 0 saturated heterocycles. The lowest BCUT2D eigenvalue weighted by atomic mass is 9.99. The average molecular weight is 327 g/mol. The Morgan fingerprint density at radius 3 is 2.23 bits per heavy atom. The average Bonchev–Trinajstić information content (AvgIpc) is 2.36. The number of rotatable bonds is 8. The van der Waals surface area contributed by atoms with Gasteiger partial charge in [0.1, 0.15) is 6.29 Å². The summed E-state index contributed by atoms with van der Waals surface area (Å²) in [5.41, 5.74) is 1.77.